The molecule has 18 heavy (non-hydrogen) atoms. The molecule has 0 saturated carbocycles. The molecule has 1 atom stereocenters. The SMILES string of the molecule is COc1cc(CBr)c(OC(C)C(=O)O)cc1CBr. The first-order valence-electron chi connectivity index (χ1n) is 5.24. The van der Waals surface area contributed by atoms with Gasteiger partial charge in [0.05, 0.1) is 7.11 Å². The standard InChI is InChI=1S/C12H14Br2O4/c1-7(12(15)16)18-11-4-8(5-13)10(17-2)3-9(11)6-14/h3-4,7H,5-6H2,1-2H3,(H,15,16). The zero-order valence-corrected chi connectivity index (χ0v) is 13.2. The molecule has 0 fully saturated rings. The largest absolute Gasteiger partial charge is 0.496 e. The van der Waals surface area contributed by atoms with Crippen molar-refractivity contribution >= 4 is 37.8 Å². The lowest BCUT2D eigenvalue weighted by atomic mass is 10.1. The van der Waals surface area contributed by atoms with Crippen molar-refractivity contribution in [2.45, 2.75) is 23.7 Å². The maximum atomic E-state index is 10.8. The Bertz CT molecular complexity index is 434. The number of benzene rings is 1. The van der Waals surface area contributed by atoms with Crippen LogP contribution in [0.15, 0.2) is 12.1 Å². The number of carboxylic acids is 1. The summed E-state index contributed by atoms with van der Waals surface area (Å²) in [5, 5.41) is 10.0. The molecule has 0 aliphatic heterocycles. The molecule has 1 aromatic carbocycles. The molecule has 0 aliphatic rings. The Morgan fingerprint density at radius 1 is 1.28 bits per heavy atom. The van der Waals surface area contributed by atoms with Crippen LogP contribution >= 0.6 is 31.9 Å². The quantitative estimate of drug-likeness (QED) is 0.768. The first-order chi connectivity index (χ1) is 8.53. The van der Waals surface area contributed by atoms with Crippen LogP contribution in [0, 0.1) is 0 Å². The molecule has 0 spiro atoms. The fraction of sp³-hybridized carbons (Fsp3) is 0.417. The van der Waals surface area contributed by atoms with Crippen molar-refractivity contribution in [3.05, 3.63) is 23.3 Å². The third-order valence-electron chi connectivity index (χ3n) is 2.40. The average molecular weight is 382 g/mol. The number of alkyl halides is 2. The van der Waals surface area contributed by atoms with Crippen molar-refractivity contribution in [1.82, 2.24) is 0 Å². The van der Waals surface area contributed by atoms with Crippen LogP contribution in [-0.2, 0) is 15.5 Å². The van der Waals surface area contributed by atoms with Crippen molar-refractivity contribution in [3.63, 3.8) is 0 Å². The molecule has 0 aromatic heterocycles. The molecule has 0 aliphatic carbocycles. The van der Waals surface area contributed by atoms with Gasteiger partial charge in [-0.25, -0.2) is 4.79 Å². The number of hydrogen-bond acceptors (Lipinski definition) is 3. The molecular formula is C12H14Br2O4. The summed E-state index contributed by atoms with van der Waals surface area (Å²) in [6.07, 6.45) is -0.889. The van der Waals surface area contributed by atoms with E-state index in [-0.39, 0.29) is 0 Å². The zero-order valence-electron chi connectivity index (χ0n) is 10.1. The highest BCUT2D eigenvalue weighted by atomic mass is 79.9. The smallest absolute Gasteiger partial charge is 0.344 e. The van der Waals surface area contributed by atoms with Crippen molar-refractivity contribution < 1.29 is 19.4 Å². The van der Waals surface area contributed by atoms with Crippen LogP contribution in [0.25, 0.3) is 0 Å². The molecule has 0 radical (unpaired) electrons. The third-order valence-corrected chi connectivity index (χ3v) is 3.61. The van der Waals surface area contributed by atoms with E-state index in [1.165, 1.54) is 6.92 Å². The average Bonchev–Trinajstić information content (AvgIpc) is 2.37. The third kappa shape index (κ3) is 3.62. The Hall–Kier alpha value is -0.750. The van der Waals surface area contributed by atoms with Gasteiger partial charge in [-0.1, -0.05) is 31.9 Å². The van der Waals surface area contributed by atoms with Crippen molar-refractivity contribution in [2.75, 3.05) is 7.11 Å². The summed E-state index contributed by atoms with van der Waals surface area (Å²) in [7, 11) is 1.60. The molecule has 100 valence electrons. The summed E-state index contributed by atoms with van der Waals surface area (Å²) in [4.78, 5) is 10.8. The van der Waals surface area contributed by atoms with Crippen LogP contribution in [0.2, 0.25) is 0 Å². The van der Waals surface area contributed by atoms with Gasteiger partial charge in [-0.3, -0.25) is 0 Å². The predicted octanol–water partition coefficient (Wildman–Crippen LogP) is 3.34. The summed E-state index contributed by atoms with van der Waals surface area (Å²) in [5.41, 5.74) is 1.76. The van der Waals surface area contributed by atoms with E-state index in [0.29, 0.717) is 16.4 Å². The first-order valence-corrected chi connectivity index (χ1v) is 7.49. The molecule has 0 saturated heterocycles. The van der Waals surface area contributed by atoms with Gasteiger partial charge in [-0.2, -0.15) is 0 Å². The minimum Gasteiger partial charge on any atom is -0.496 e. The Kier molecular flexibility index (Phi) is 5.95. The van der Waals surface area contributed by atoms with Gasteiger partial charge in [0.1, 0.15) is 11.5 Å². The van der Waals surface area contributed by atoms with Crippen molar-refractivity contribution in [3.8, 4) is 11.5 Å². The van der Waals surface area contributed by atoms with Gasteiger partial charge >= 0.3 is 5.97 Å². The summed E-state index contributed by atoms with van der Waals surface area (Å²) in [6, 6.07) is 3.64. The monoisotopic (exact) mass is 380 g/mol. The molecule has 1 unspecified atom stereocenters. The molecule has 4 nitrogen and oxygen atoms in total. The number of ether oxygens (including phenoxy) is 2. The maximum Gasteiger partial charge on any atom is 0.344 e. The number of rotatable bonds is 6. The van der Waals surface area contributed by atoms with E-state index in [1.54, 1.807) is 13.2 Å². The number of carboxylic acid groups (broad SMARTS) is 1. The number of carbonyl (C=O) groups is 1. The Morgan fingerprint density at radius 3 is 2.22 bits per heavy atom. The van der Waals surface area contributed by atoms with E-state index in [1.807, 2.05) is 6.07 Å². The van der Waals surface area contributed by atoms with Gasteiger partial charge in [-0.05, 0) is 19.1 Å². The summed E-state index contributed by atoms with van der Waals surface area (Å²) >= 11 is 6.71. The molecule has 1 aromatic rings. The highest BCUT2D eigenvalue weighted by Gasteiger charge is 2.16. The van der Waals surface area contributed by atoms with Crippen LogP contribution in [0.3, 0.4) is 0 Å². The molecule has 0 heterocycles. The van der Waals surface area contributed by atoms with E-state index in [0.717, 1.165) is 16.9 Å². The Morgan fingerprint density at radius 2 is 1.78 bits per heavy atom. The minimum absolute atomic E-state index is 0.553. The second-order valence-electron chi connectivity index (χ2n) is 3.64. The van der Waals surface area contributed by atoms with Gasteiger partial charge in [0, 0.05) is 21.8 Å². The van der Waals surface area contributed by atoms with Crippen molar-refractivity contribution in [2.24, 2.45) is 0 Å². The van der Waals surface area contributed by atoms with Gasteiger partial charge in [0.2, 0.25) is 0 Å². The number of methoxy groups -OCH3 is 1. The van der Waals surface area contributed by atoms with Crippen LogP contribution in [-0.4, -0.2) is 24.3 Å². The van der Waals surface area contributed by atoms with Crippen LogP contribution in [0.1, 0.15) is 18.1 Å². The van der Waals surface area contributed by atoms with Crippen molar-refractivity contribution in [1.29, 1.82) is 0 Å². The van der Waals surface area contributed by atoms with E-state index in [9.17, 15) is 4.79 Å². The topological polar surface area (TPSA) is 55.8 Å². The van der Waals surface area contributed by atoms with E-state index in [4.69, 9.17) is 14.6 Å². The van der Waals surface area contributed by atoms with Crippen LogP contribution in [0.5, 0.6) is 11.5 Å². The van der Waals surface area contributed by atoms with Gasteiger partial charge in [0.25, 0.3) is 0 Å². The summed E-state index contributed by atoms with van der Waals surface area (Å²) < 4.78 is 10.7. The molecule has 1 rings (SSSR count). The van der Waals surface area contributed by atoms with Crippen LogP contribution < -0.4 is 9.47 Å². The summed E-state index contributed by atoms with van der Waals surface area (Å²) in [6.45, 7) is 1.50. The number of aliphatic carboxylic acids is 1. The molecule has 1 N–H and O–H groups in total. The zero-order chi connectivity index (χ0) is 13.7. The first kappa shape index (κ1) is 15.3. The lowest BCUT2D eigenvalue weighted by molar-refractivity contribution is -0.144. The van der Waals surface area contributed by atoms with Gasteiger partial charge in [0.15, 0.2) is 6.10 Å². The minimum atomic E-state index is -0.994. The maximum absolute atomic E-state index is 10.8. The van der Waals surface area contributed by atoms with Gasteiger partial charge < -0.3 is 14.6 Å². The van der Waals surface area contributed by atoms with Crippen LogP contribution in [0.4, 0.5) is 0 Å². The van der Waals surface area contributed by atoms with E-state index < -0.39 is 12.1 Å². The summed E-state index contributed by atoms with van der Waals surface area (Å²) in [5.74, 6) is 0.306. The lowest BCUT2D eigenvalue weighted by Crippen LogP contribution is -2.23. The number of hydrogen-bond donors (Lipinski definition) is 1. The fourth-order valence-corrected chi connectivity index (χ4v) is 2.27. The predicted molar refractivity (Wildman–Crippen MR) is 76.0 cm³/mol. The second-order valence-corrected chi connectivity index (χ2v) is 4.76. The normalized spacial score (nSPS) is 12.0. The molecular weight excluding hydrogens is 368 g/mol. The van der Waals surface area contributed by atoms with Gasteiger partial charge in [-0.15, -0.1) is 0 Å². The Labute approximate surface area is 123 Å². The highest BCUT2D eigenvalue weighted by Crippen LogP contribution is 2.32. The highest BCUT2D eigenvalue weighted by molar-refractivity contribution is 9.08. The molecule has 0 amide bonds. The lowest BCUT2D eigenvalue weighted by Gasteiger charge is -2.16. The van der Waals surface area contributed by atoms with E-state index >= 15 is 0 Å². The molecule has 0 bridgehead atoms. The van der Waals surface area contributed by atoms with E-state index in [2.05, 4.69) is 31.9 Å². The number of halogens is 2. The fourth-order valence-electron chi connectivity index (χ4n) is 1.39. The second kappa shape index (κ2) is 6.99. The Balaban J connectivity index is 3.13. The molecule has 6 heteroatoms.